The van der Waals surface area contributed by atoms with Crippen LogP contribution in [0.25, 0.3) is 0 Å². The highest BCUT2D eigenvalue weighted by molar-refractivity contribution is 5.88. The Morgan fingerprint density at radius 2 is 2.05 bits per heavy atom. The second kappa shape index (κ2) is 7.03. The average Bonchev–Trinajstić information content (AvgIpc) is 2.48. The number of hydrogen-bond donors (Lipinski definition) is 1. The van der Waals surface area contributed by atoms with E-state index < -0.39 is 10.9 Å². The molecule has 1 aliphatic rings. The van der Waals surface area contributed by atoms with Crippen LogP contribution in [0, 0.1) is 10.1 Å². The monoisotopic (exact) mass is 294 g/mol. The number of nitrogens with zero attached hydrogens (tertiary/aromatic N) is 2. The van der Waals surface area contributed by atoms with Gasteiger partial charge in [-0.15, -0.1) is 0 Å². The van der Waals surface area contributed by atoms with Gasteiger partial charge in [0.05, 0.1) is 10.5 Å². The molecule has 1 aromatic rings. The topological polar surface area (TPSA) is 92.9 Å². The highest BCUT2D eigenvalue weighted by atomic mass is 16.6. The summed E-state index contributed by atoms with van der Waals surface area (Å²) < 4.78 is 5.46. The molecule has 7 heteroatoms. The van der Waals surface area contributed by atoms with Gasteiger partial charge in [0.2, 0.25) is 0 Å². The van der Waals surface area contributed by atoms with E-state index in [1.165, 1.54) is 31.4 Å². The van der Waals surface area contributed by atoms with Crippen molar-refractivity contribution in [3.63, 3.8) is 0 Å². The quantitative estimate of drug-likeness (QED) is 0.638. The van der Waals surface area contributed by atoms with Crippen molar-refractivity contribution in [2.45, 2.75) is 19.3 Å². The van der Waals surface area contributed by atoms with Crippen LogP contribution in [-0.2, 0) is 0 Å². The van der Waals surface area contributed by atoms with E-state index in [1.54, 1.807) is 0 Å². The summed E-state index contributed by atoms with van der Waals surface area (Å²) in [6.45, 7) is 3.14. The normalized spacial score (nSPS) is 15.6. The molecule has 7 nitrogen and oxygen atoms in total. The van der Waals surface area contributed by atoms with Crippen LogP contribution in [0.3, 0.4) is 0 Å². The number of aromatic carboxylic acids is 1. The number of carboxylic acid groups (broad SMARTS) is 1. The fourth-order valence-electron chi connectivity index (χ4n) is 2.38. The highest BCUT2D eigenvalue weighted by Crippen LogP contribution is 2.28. The summed E-state index contributed by atoms with van der Waals surface area (Å²) in [5.74, 6) is -1.08. The van der Waals surface area contributed by atoms with E-state index >= 15 is 0 Å². The molecule has 0 unspecified atom stereocenters. The Balaban J connectivity index is 1.98. The van der Waals surface area contributed by atoms with Gasteiger partial charge in [-0.05, 0) is 38.1 Å². The third-order valence-electron chi connectivity index (χ3n) is 3.52. The van der Waals surface area contributed by atoms with Gasteiger partial charge in [-0.2, -0.15) is 0 Å². The Bertz CT molecular complexity index is 526. The molecule has 1 heterocycles. The summed E-state index contributed by atoms with van der Waals surface area (Å²) in [6.07, 6.45) is 3.60. The third-order valence-corrected chi connectivity index (χ3v) is 3.52. The number of piperidine rings is 1. The van der Waals surface area contributed by atoms with Crippen LogP contribution in [0.15, 0.2) is 18.2 Å². The molecule has 0 atom stereocenters. The van der Waals surface area contributed by atoms with Crippen molar-refractivity contribution < 1.29 is 19.6 Å². The van der Waals surface area contributed by atoms with Gasteiger partial charge in [0.15, 0.2) is 5.75 Å². The van der Waals surface area contributed by atoms with Gasteiger partial charge in [-0.3, -0.25) is 15.0 Å². The van der Waals surface area contributed by atoms with Crippen molar-refractivity contribution in [1.29, 1.82) is 0 Å². The molecular formula is C14H18N2O5. The number of hydrogen-bond acceptors (Lipinski definition) is 5. The van der Waals surface area contributed by atoms with Crippen LogP contribution in [0.4, 0.5) is 5.69 Å². The predicted molar refractivity (Wildman–Crippen MR) is 75.8 cm³/mol. The molecule has 1 aromatic carbocycles. The van der Waals surface area contributed by atoms with Crippen molar-refractivity contribution in [3.8, 4) is 5.75 Å². The van der Waals surface area contributed by atoms with E-state index in [4.69, 9.17) is 9.84 Å². The molecule has 0 aliphatic carbocycles. The van der Waals surface area contributed by atoms with Gasteiger partial charge in [-0.25, -0.2) is 4.79 Å². The maximum atomic E-state index is 11.0. The Morgan fingerprint density at radius 1 is 1.33 bits per heavy atom. The van der Waals surface area contributed by atoms with Crippen LogP contribution in [0.1, 0.15) is 29.6 Å². The third kappa shape index (κ3) is 4.16. The zero-order chi connectivity index (χ0) is 15.2. The van der Waals surface area contributed by atoms with Gasteiger partial charge in [-0.1, -0.05) is 6.42 Å². The zero-order valence-corrected chi connectivity index (χ0v) is 11.7. The lowest BCUT2D eigenvalue weighted by atomic mass is 10.1. The average molecular weight is 294 g/mol. The molecule has 0 radical (unpaired) electrons. The Morgan fingerprint density at radius 3 is 2.67 bits per heavy atom. The van der Waals surface area contributed by atoms with E-state index in [2.05, 4.69) is 4.90 Å². The van der Waals surface area contributed by atoms with E-state index in [1.807, 2.05) is 0 Å². The molecule has 1 fully saturated rings. The molecule has 1 N–H and O–H groups in total. The number of nitro groups is 1. The number of carbonyl (C=O) groups is 1. The predicted octanol–water partition coefficient (Wildman–Crippen LogP) is 2.16. The summed E-state index contributed by atoms with van der Waals surface area (Å²) in [5, 5.41) is 19.8. The number of rotatable bonds is 6. The largest absolute Gasteiger partial charge is 0.485 e. The molecule has 114 valence electrons. The smallest absolute Gasteiger partial charge is 0.335 e. The standard InChI is InChI=1S/C14H18N2O5/c17-14(18)11-4-5-13(12(10-11)16(19)20)21-9-8-15-6-2-1-3-7-15/h4-5,10H,1-3,6-9H2,(H,17,18). The first-order valence-corrected chi connectivity index (χ1v) is 6.95. The highest BCUT2D eigenvalue weighted by Gasteiger charge is 2.19. The van der Waals surface area contributed by atoms with E-state index in [-0.39, 0.29) is 17.0 Å². The minimum absolute atomic E-state index is 0.113. The fourth-order valence-corrected chi connectivity index (χ4v) is 2.38. The lowest BCUT2D eigenvalue weighted by Gasteiger charge is -2.26. The zero-order valence-electron chi connectivity index (χ0n) is 11.7. The molecular weight excluding hydrogens is 276 g/mol. The number of nitro benzene ring substituents is 1. The van der Waals surface area contributed by atoms with Gasteiger partial charge in [0, 0.05) is 12.6 Å². The lowest BCUT2D eigenvalue weighted by molar-refractivity contribution is -0.385. The van der Waals surface area contributed by atoms with Crippen LogP contribution in [0.5, 0.6) is 5.75 Å². The number of carboxylic acids is 1. The summed E-state index contributed by atoms with van der Waals surface area (Å²) in [6, 6.07) is 3.68. The molecule has 1 aliphatic heterocycles. The molecule has 2 rings (SSSR count). The first kappa shape index (κ1) is 15.2. The summed E-state index contributed by atoms with van der Waals surface area (Å²) in [4.78, 5) is 23.5. The lowest BCUT2D eigenvalue weighted by Crippen LogP contribution is -2.33. The summed E-state index contributed by atoms with van der Waals surface area (Å²) in [5.41, 5.74) is -0.432. The van der Waals surface area contributed by atoms with Gasteiger partial charge >= 0.3 is 11.7 Å². The fraction of sp³-hybridized carbons (Fsp3) is 0.500. The number of likely N-dealkylation sites (tertiary alicyclic amines) is 1. The van der Waals surface area contributed by atoms with Crippen molar-refractivity contribution >= 4 is 11.7 Å². The van der Waals surface area contributed by atoms with Crippen molar-refractivity contribution in [3.05, 3.63) is 33.9 Å². The Hall–Kier alpha value is -2.15. The molecule has 0 bridgehead atoms. The van der Waals surface area contributed by atoms with Crippen molar-refractivity contribution in [2.24, 2.45) is 0 Å². The molecule has 0 saturated carbocycles. The van der Waals surface area contributed by atoms with E-state index in [0.29, 0.717) is 6.61 Å². The minimum Gasteiger partial charge on any atom is -0.485 e. The summed E-state index contributed by atoms with van der Waals surface area (Å²) in [7, 11) is 0. The second-order valence-corrected chi connectivity index (χ2v) is 5.00. The molecule has 21 heavy (non-hydrogen) atoms. The second-order valence-electron chi connectivity index (χ2n) is 5.00. The van der Waals surface area contributed by atoms with Gasteiger partial charge in [0.1, 0.15) is 6.61 Å². The SMILES string of the molecule is O=C(O)c1ccc(OCCN2CCCCC2)c([N+](=O)[O-])c1. The van der Waals surface area contributed by atoms with Gasteiger partial charge in [0.25, 0.3) is 0 Å². The number of benzene rings is 1. The number of ether oxygens (including phenoxy) is 1. The van der Waals surface area contributed by atoms with Crippen molar-refractivity contribution in [2.75, 3.05) is 26.2 Å². The van der Waals surface area contributed by atoms with Crippen molar-refractivity contribution in [1.82, 2.24) is 4.90 Å². The molecule has 0 amide bonds. The maximum absolute atomic E-state index is 11.0. The first-order valence-electron chi connectivity index (χ1n) is 6.95. The molecule has 0 spiro atoms. The Labute approximate surface area is 122 Å². The Kier molecular flexibility index (Phi) is 5.10. The van der Waals surface area contributed by atoms with E-state index in [9.17, 15) is 14.9 Å². The minimum atomic E-state index is -1.20. The molecule has 1 saturated heterocycles. The maximum Gasteiger partial charge on any atom is 0.335 e. The van der Waals surface area contributed by atoms with Gasteiger partial charge < -0.3 is 9.84 Å². The molecule has 0 aromatic heterocycles. The summed E-state index contributed by atoms with van der Waals surface area (Å²) >= 11 is 0. The van der Waals surface area contributed by atoms with E-state index in [0.717, 1.165) is 25.7 Å². The van der Waals surface area contributed by atoms with Crippen LogP contribution < -0.4 is 4.74 Å². The van der Waals surface area contributed by atoms with Crippen LogP contribution in [-0.4, -0.2) is 47.1 Å². The van der Waals surface area contributed by atoms with Crippen LogP contribution >= 0.6 is 0 Å². The first-order chi connectivity index (χ1) is 10.1. The van der Waals surface area contributed by atoms with Crippen LogP contribution in [0.2, 0.25) is 0 Å².